The van der Waals surface area contributed by atoms with Gasteiger partial charge in [-0.2, -0.15) is 0 Å². The van der Waals surface area contributed by atoms with Gasteiger partial charge in [-0.1, -0.05) is 24.8 Å². The zero-order valence-electron chi connectivity index (χ0n) is 7.07. The predicted molar refractivity (Wildman–Crippen MR) is 51.0 cm³/mol. The van der Waals surface area contributed by atoms with Crippen LogP contribution in [0.2, 0.25) is 0 Å². The van der Waals surface area contributed by atoms with Crippen molar-refractivity contribution in [3.05, 3.63) is 49.6 Å². The van der Waals surface area contributed by atoms with Crippen LogP contribution in [0, 0.1) is 6.61 Å². The molecule has 1 amide bonds. The number of hydrogen-bond acceptors (Lipinski definition) is 2. The molecule has 0 aliphatic rings. The van der Waals surface area contributed by atoms with E-state index in [1.54, 1.807) is 12.1 Å². The largest absolute Gasteiger partial charge is 0.437 e. The Bertz CT molecular complexity index is 282. The first-order valence-corrected chi connectivity index (χ1v) is 3.80. The molecule has 0 saturated carbocycles. The molecule has 1 rings (SSSR count). The van der Waals surface area contributed by atoms with E-state index in [0.29, 0.717) is 5.69 Å². The molecule has 0 atom stereocenters. The highest BCUT2D eigenvalue weighted by Gasteiger charge is 1.99. The van der Waals surface area contributed by atoms with E-state index >= 15 is 0 Å². The van der Waals surface area contributed by atoms with Crippen LogP contribution in [0.5, 0.6) is 0 Å². The normalized spacial score (nSPS) is 8.92. The maximum atomic E-state index is 11.0. The second kappa shape index (κ2) is 4.98. The summed E-state index contributed by atoms with van der Waals surface area (Å²) >= 11 is 0. The molecular weight excluding hydrogens is 166 g/mol. The molecule has 0 aliphatic carbocycles. The Kier molecular flexibility index (Phi) is 3.57. The quantitative estimate of drug-likeness (QED) is 0.768. The van der Waals surface area contributed by atoms with Gasteiger partial charge in [-0.3, -0.25) is 5.32 Å². The lowest BCUT2D eigenvalue weighted by Gasteiger charge is -2.03. The maximum absolute atomic E-state index is 11.0. The van der Waals surface area contributed by atoms with E-state index in [9.17, 15) is 4.79 Å². The number of para-hydroxylation sites is 1. The van der Waals surface area contributed by atoms with E-state index in [0.717, 1.165) is 0 Å². The summed E-state index contributed by atoms with van der Waals surface area (Å²) in [6.45, 7) is 4.60. The molecule has 13 heavy (non-hydrogen) atoms. The van der Waals surface area contributed by atoms with Gasteiger partial charge < -0.3 is 4.74 Å². The highest BCUT2D eigenvalue weighted by atomic mass is 16.5. The molecule has 0 heterocycles. The molecule has 0 unspecified atom stereocenters. The van der Waals surface area contributed by atoms with Crippen LogP contribution < -0.4 is 5.32 Å². The van der Waals surface area contributed by atoms with E-state index in [2.05, 4.69) is 16.6 Å². The minimum absolute atomic E-state index is 0.522. The average molecular weight is 176 g/mol. The third kappa shape index (κ3) is 3.42. The van der Waals surface area contributed by atoms with Crippen molar-refractivity contribution in [1.82, 2.24) is 0 Å². The Hall–Kier alpha value is -1.77. The molecule has 0 aromatic heterocycles. The van der Waals surface area contributed by atoms with Crippen LogP contribution in [0.15, 0.2) is 43.0 Å². The van der Waals surface area contributed by atoms with Gasteiger partial charge in [-0.05, 0) is 18.2 Å². The zero-order chi connectivity index (χ0) is 9.52. The minimum Gasteiger partial charge on any atom is -0.437 e. The van der Waals surface area contributed by atoms with Crippen molar-refractivity contribution in [2.45, 2.75) is 0 Å². The van der Waals surface area contributed by atoms with Crippen molar-refractivity contribution in [2.75, 3.05) is 5.32 Å². The summed E-state index contributed by atoms with van der Waals surface area (Å²) in [5.74, 6) is 0. The van der Waals surface area contributed by atoms with Gasteiger partial charge in [-0.25, -0.2) is 4.79 Å². The third-order valence-corrected chi connectivity index (χ3v) is 1.29. The number of hydrogen-bond donors (Lipinski definition) is 1. The fourth-order valence-electron chi connectivity index (χ4n) is 0.779. The zero-order valence-corrected chi connectivity index (χ0v) is 7.07. The summed E-state index contributed by atoms with van der Waals surface area (Å²) in [5.41, 5.74) is 0.699. The fraction of sp³-hybridized carbons (Fsp3) is 0. The lowest BCUT2D eigenvalue weighted by molar-refractivity contribution is 0.192. The molecule has 3 heteroatoms. The summed E-state index contributed by atoms with van der Waals surface area (Å²) in [4.78, 5) is 11.0. The topological polar surface area (TPSA) is 38.3 Å². The second-order valence-electron chi connectivity index (χ2n) is 2.27. The van der Waals surface area contributed by atoms with Gasteiger partial charge in [0.25, 0.3) is 0 Å². The number of rotatable bonds is 3. The van der Waals surface area contributed by atoms with Crippen molar-refractivity contribution < 1.29 is 9.53 Å². The van der Waals surface area contributed by atoms with E-state index in [1.165, 1.54) is 12.7 Å². The van der Waals surface area contributed by atoms with Crippen LogP contribution in [0.4, 0.5) is 10.5 Å². The van der Waals surface area contributed by atoms with Crippen LogP contribution in [0.3, 0.4) is 0 Å². The summed E-state index contributed by atoms with van der Waals surface area (Å²) in [6.07, 6.45) is 0.871. The Morgan fingerprint density at radius 3 is 2.69 bits per heavy atom. The SMILES string of the molecule is C=C[CH]OC(=O)Nc1ccccc1. The van der Waals surface area contributed by atoms with Gasteiger partial charge in [0.1, 0.15) is 0 Å². The number of benzene rings is 1. The molecule has 1 aromatic rings. The van der Waals surface area contributed by atoms with Crippen LogP contribution in [-0.4, -0.2) is 6.09 Å². The second-order valence-corrected chi connectivity index (χ2v) is 2.27. The third-order valence-electron chi connectivity index (χ3n) is 1.29. The Labute approximate surface area is 77.0 Å². The molecule has 0 saturated heterocycles. The van der Waals surface area contributed by atoms with Gasteiger partial charge in [-0.15, -0.1) is 0 Å². The summed E-state index contributed by atoms with van der Waals surface area (Å²) in [6, 6.07) is 9.07. The van der Waals surface area contributed by atoms with E-state index < -0.39 is 6.09 Å². The molecule has 1 radical (unpaired) electrons. The van der Waals surface area contributed by atoms with Crippen molar-refractivity contribution in [1.29, 1.82) is 0 Å². The van der Waals surface area contributed by atoms with Gasteiger partial charge in [0, 0.05) is 5.69 Å². The Morgan fingerprint density at radius 1 is 1.38 bits per heavy atom. The molecule has 0 fully saturated rings. The number of carbonyl (C=O) groups is 1. The van der Waals surface area contributed by atoms with Crippen LogP contribution in [0.25, 0.3) is 0 Å². The Balaban J connectivity index is 2.41. The smallest absolute Gasteiger partial charge is 0.412 e. The first-order valence-electron chi connectivity index (χ1n) is 3.80. The molecule has 0 bridgehead atoms. The first-order chi connectivity index (χ1) is 6.33. The van der Waals surface area contributed by atoms with Gasteiger partial charge >= 0.3 is 6.09 Å². The van der Waals surface area contributed by atoms with Gasteiger partial charge in [0.15, 0.2) is 6.61 Å². The van der Waals surface area contributed by atoms with Gasteiger partial charge in [0.2, 0.25) is 0 Å². The molecule has 0 spiro atoms. The van der Waals surface area contributed by atoms with Crippen molar-refractivity contribution in [2.24, 2.45) is 0 Å². The lowest BCUT2D eigenvalue weighted by Crippen LogP contribution is -2.11. The van der Waals surface area contributed by atoms with Crippen molar-refractivity contribution in [3.8, 4) is 0 Å². The number of ether oxygens (including phenoxy) is 1. The van der Waals surface area contributed by atoms with Crippen LogP contribution in [0.1, 0.15) is 0 Å². The minimum atomic E-state index is -0.522. The van der Waals surface area contributed by atoms with E-state index in [-0.39, 0.29) is 0 Å². The van der Waals surface area contributed by atoms with E-state index in [4.69, 9.17) is 0 Å². The highest BCUT2D eigenvalue weighted by Crippen LogP contribution is 2.05. The fourth-order valence-corrected chi connectivity index (χ4v) is 0.779. The summed E-state index contributed by atoms with van der Waals surface area (Å²) in [7, 11) is 0. The summed E-state index contributed by atoms with van der Waals surface area (Å²) in [5, 5.41) is 2.54. The molecular formula is C10H10NO2. The maximum Gasteiger partial charge on any atom is 0.412 e. The summed E-state index contributed by atoms with van der Waals surface area (Å²) < 4.78 is 4.60. The van der Waals surface area contributed by atoms with Crippen molar-refractivity contribution in [3.63, 3.8) is 0 Å². The molecule has 1 N–H and O–H groups in total. The molecule has 1 aromatic carbocycles. The van der Waals surface area contributed by atoms with E-state index in [1.807, 2.05) is 18.2 Å². The lowest BCUT2D eigenvalue weighted by atomic mass is 10.3. The van der Waals surface area contributed by atoms with Crippen molar-refractivity contribution >= 4 is 11.8 Å². The molecule has 0 aliphatic heterocycles. The first kappa shape index (κ1) is 9.32. The molecule has 3 nitrogen and oxygen atoms in total. The number of nitrogens with one attached hydrogen (secondary N) is 1. The number of amides is 1. The number of carbonyl (C=O) groups excluding carboxylic acids is 1. The highest BCUT2D eigenvalue weighted by molar-refractivity contribution is 5.84. The predicted octanol–water partition coefficient (Wildman–Crippen LogP) is 2.58. The monoisotopic (exact) mass is 176 g/mol. The van der Waals surface area contributed by atoms with Gasteiger partial charge in [0.05, 0.1) is 0 Å². The molecule has 67 valence electrons. The van der Waals surface area contributed by atoms with Crippen LogP contribution >= 0.6 is 0 Å². The standard InChI is InChI=1S/C10H10NO2/c1-2-8-13-10(12)11-9-6-4-3-5-7-9/h2-8H,1H2,(H,11,12). The Morgan fingerprint density at radius 2 is 2.08 bits per heavy atom. The average Bonchev–Trinajstić information content (AvgIpc) is 2.16. The number of anilines is 1. The van der Waals surface area contributed by atoms with Crippen LogP contribution in [-0.2, 0) is 4.74 Å².